The number of thiophene rings is 1. The summed E-state index contributed by atoms with van der Waals surface area (Å²) < 4.78 is 1.31. The number of fused-ring (bicyclic) bond motifs is 1. The second kappa shape index (κ2) is 4.79. The van der Waals surface area contributed by atoms with Crippen LogP contribution in [0.25, 0.3) is 10.1 Å². The molecule has 2 heteroatoms. The largest absolute Gasteiger partial charge is 0.389 e. The molecule has 1 unspecified atom stereocenters. The Morgan fingerprint density at radius 1 is 1.29 bits per heavy atom. The van der Waals surface area contributed by atoms with E-state index in [2.05, 4.69) is 50.4 Å². The van der Waals surface area contributed by atoms with Crippen LogP contribution in [0.1, 0.15) is 32.8 Å². The highest BCUT2D eigenvalue weighted by molar-refractivity contribution is 7.17. The van der Waals surface area contributed by atoms with Gasteiger partial charge in [-0.1, -0.05) is 39.0 Å². The van der Waals surface area contributed by atoms with Crippen LogP contribution in [0, 0.1) is 5.92 Å². The summed E-state index contributed by atoms with van der Waals surface area (Å²) in [5, 5.41) is 14.1. The highest BCUT2D eigenvalue weighted by Gasteiger charge is 2.29. The fraction of sp³-hybridized carbons (Fsp3) is 0.467. The highest BCUT2D eigenvalue weighted by Crippen LogP contribution is 2.32. The fourth-order valence-corrected chi connectivity index (χ4v) is 3.20. The average Bonchev–Trinajstić information content (AvgIpc) is 2.72. The molecule has 0 fully saturated rings. The molecular weight excluding hydrogens is 228 g/mol. The van der Waals surface area contributed by atoms with Crippen molar-refractivity contribution in [1.29, 1.82) is 0 Å². The van der Waals surface area contributed by atoms with Gasteiger partial charge in [0.25, 0.3) is 0 Å². The molecule has 1 atom stereocenters. The molecule has 0 aliphatic carbocycles. The summed E-state index contributed by atoms with van der Waals surface area (Å²) in [6.07, 6.45) is 1.56. The van der Waals surface area contributed by atoms with Crippen LogP contribution in [0.3, 0.4) is 0 Å². The molecule has 0 saturated carbocycles. The average molecular weight is 248 g/mol. The minimum absolute atomic E-state index is 0.283. The van der Waals surface area contributed by atoms with Gasteiger partial charge in [0.15, 0.2) is 0 Å². The first-order valence-corrected chi connectivity index (χ1v) is 7.12. The smallest absolute Gasteiger partial charge is 0.0708 e. The second-order valence-corrected chi connectivity index (χ2v) is 5.96. The maximum Gasteiger partial charge on any atom is 0.0708 e. The Morgan fingerprint density at radius 3 is 2.65 bits per heavy atom. The third-order valence-electron chi connectivity index (χ3n) is 3.74. The summed E-state index contributed by atoms with van der Waals surface area (Å²) in [4.78, 5) is 0. The quantitative estimate of drug-likeness (QED) is 0.858. The lowest BCUT2D eigenvalue weighted by Crippen LogP contribution is -2.36. The molecule has 1 nitrogen and oxygen atoms in total. The summed E-state index contributed by atoms with van der Waals surface area (Å²) in [6.45, 7) is 6.25. The van der Waals surface area contributed by atoms with E-state index < -0.39 is 5.60 Å². The Labute approximate surface area is 107 Å². The first-order chi connectivity index (χ1) is 8.07. The molecule has 2 rings (SSSR count). The van der Waals surface area contributed by atoms with E-state index in [-0.39, 0.29) is 5.92 Å². The topological polar surface area (TPSA) is 20.2 Å². The molecule has 0 amide bonds. The number of hydrogen-bond donors (Lipinski definition) is 1. The van der Waals surface area contributed by atoms with Gasteiger partial charge in [-0.3, -0.25) is 0 Å². The summed E-state index contributed by atoms with van der Waals surface area (Å²) in [5.41, 5.74) is 0.702. The second-order valence-electron chi connectivity index (χ2n) is 5.05. The molecule has 0 aliphatic rings. The lowest BCUT2D eigenvalue weighted by atomic mass is 9.82. The first-order valence-electron chi connectivity index (χ1n) is 6.24. The van der Waals surface area contributed by atoms with E-state index in [9.17, 15) is 5.11 Å². The summed E-state index contributed by atoms with van der Waals surface area (Å²) in [7, 11) is 0. The van der Waals surface area contributed by atoms with E-state index in [0.29, 0.717) is 0 Å². The zero-order valence-corrected chi connectivity index (χ0v) is 11.6. The highest BCUT2D eigenvalue weighted by atomic mass is 32.1. The van der Waals surface area contributed by atoms with Gasteiger partial charge < -0.3 is 5.11 Å². The molecule has 2 aromatic rings. The Hall–Kier alpha value is -0.860. The first kappa shape index (κ1) is 12.6. The number of aliphatic hydroxyl groups is 1. The van der Waals surface area contributed by atoms with E-state index in [1.54, 1.807) is 11.3 Å². The molecule has 92 valence electrons. The predicted molar refractivity (Wildman–Crippen MR) is 75.6 cm³/mol. The SMILES string of the molecule is CCC(O)(Cc1csc2ccccc12)C(C)C. The van der Waals surface area contributed by atoms with Crippen molar-refractivity contribution >= 4 is 21.4 Å². The van der Waals surface area contributed by atoms with Gasteiger partial charge in [0.1, 0.15) is 0 Å². The Kier molecular flexibility index (Phi) is 3.55. The lowest BCUT2D eigenvalue weighted by Gasteiger charge is -2.31. The third-order valence-corrected chi connectivity index (χ3v) is 4.76. The minimum Gasteiger partial charge on any atom is -0.389 e. The van der Waals surface area contributed by atoms with Gasteiger partial charge >= 0.3 is 0 Å². The zero-order valence-electron chi connectivity index (χ0n) is 10.7. The van der Waals surface area contributed by atoms with E-state index in [4.69, 9.17) is 0 Å². The van der Waals surface area contributed by atoms with Gasteiger partial charge in [0.05, 0.1) is 5.60 Å². The van der Waals surface area contributed by atoms with Gasteiger partial charge in [0, 0.05) is 11.1 Å². The van der Waals surface area contributed by atoms with Crippen LogP contribution in [-0.2, 0) is 6.42 Å². The van der Waals surface area contributed by atoms with Gasteiger partial charge in [-0.05, 0) is 34.7 Å². The number of rotatable bonds is 4. The van der Waals surface area contributed by atoms with Crippen LogP contribution in [0.5, 0.6) is 0 Å². The van der Waals surface area contributed by atoms with Crippen molar-refractivity contribution in [3.8, 4) is 0 Å². The van der Waals surface area contributed by atoms with Crippen molar-refractivity contribution in [3.05, 3.63) is 35.2 Å². The summed E-state index contributed by atoms with van der Waals surface area (Å²) >= 11 is 1.77. The zero-order chi connectivity index (χ0) is 12.5. The maximum absolute atomic E-state index is 10.6. The van der Waals surface area contributed by atoms with Crippen molar-refractivity contribution in [2.24, 2.45) is 5.92 Å². The Morgan fingerprint density at radius 2 is 2.00 bits per heavy atom. The molecule has 0 aliphatic heterocycles. The molecule has 0 saturated heterocycles. The molecule has 1 aromatic carbocycles. The summed E-state index contributed by atoms with van der Waals surface area (Å²) in [5.74, 6) is 0.283. The number of hydrogen-bond acceptors (Lipinski definition) is 2. The van der Waals surface area contributed by atoms with Crippen molar-refractivity contribution in [2.45, 2.75) is 39.2 Å². The van der Waals surface area contributed by atoms with E-state index in [1.807, 2.05) is 0 Å². The van der Waals surface area contributed by atoms with Crippen LogP contribution in [0.4, 0.5) is 0 Å². The minimum atomic E-state index is -0.580. The molecule has 1 heterocycles. The van der Waals surface area contributed by atoms with Gasteiger partial charge in [0.2, 0.25) is 0 Å². The van der Waals surface area contributed by atoms with E-state index >= 15 is 0 Å². The molecule has 1 aromatic heterocycles. The Balaban J connectivity index is 2.35. The van der Waals surface area contributed by atoms with Gasteiger partial charge in [-0.25, -0.2) is 0 Å². The van der Waals surface area contributed by atoms with Crippen LogP contribution < -0.4 is 0 Å². The predicted octanol–water partition coefficient (Wildman–Crippen LogP) is 4.24. The van der Waals surface area contributed by atoms with Crippen molar-refractivity contribution in [3.63, 3.8) is 0 Å². The molecular formula is C15H20OS. The normalized spacial score (nSPS) is 15.4. The molecule has 0 bridgehead atoms. The summed E-state index contributed by atoms with van der Waals surface area (Å²) in [6, 6.07) is 8.43. The van der Waals surface area contributed by atoms with E-state index in [0.717, 1.165) is 12.8 Å². The maximum atomic E-state index is 10.6. The third kappa shape index (κ3) is 2.38. The molecule has 0 spiro atoms. The Bertz CT molecular complexity index is 500. The molecule has 17 heavy (non-hydrogen) atoms. The standard InChI is InChI=1S/C15H20OS/c1-4-15(16,11(2)3)9-12-10-17-14-8-6-5-7-13(12)14/h5-8,10-11,16H,4,9H2,1-3H3. The monoisotopic (exact) mass is 248 g/mol. The van der Waals surface area contributed by atoms with Crippen molar-refractivity contribution < 1.29 is 5.11 Å². The molecule has 1 N–H and O–H groups in total. The van der Waals surface area contributed by atoms with E-state index in [1.165, 1.54) is 15.6 Å². The number of benzene rings is 1. The van der Waals surface area contributed by atoms with Crippen LogP contribution in [0.2, 0.25) is 0 Å². The lowest BCUT2D eigenvalue weighted by molar-refractivity contribution is -0.00794. The van der Waals surface area contributed by atoms with Crippen molar-refractivity contribution in [2.75, 3.05) is 0 Å². The van der Waals surface area contributed by atoms with Gasteiger partial charge in [-0.2, -0.15) is 0 Å². The van der Waals surface area contributed by atoms with Gasteiger partial charge in [-0.15, -0.1) is 11.3 Å². The van der Waals surface area contributed by atoms with Crippen LogP contribution >= 0.6 is 11.3 Å². The van der Waals surface area contributed by atoms with Crippen LogP contribution in [-0.4, -0.2) is 10.7 Å². The fourth-order valence-electron chi connectivity index (χ4n) is 2.24. The molecule has 0 radical (unpaired) electrons. The van der Waals surface area contributed by atoms with Crippen molar-refractivity contribution in [1.82, 2.24) is 0 Å². The van der Waals surface area contributed by atoms with Crippen LogP contribution in [0.15, 0.2) is 29.6 Å².